The van der Waals surface area contributed by atoms with Crippen LogP contribution in [0.3, 0.4) is 0 Å². The number of likely N-dealkylation sites (tertiary alicyclic amines) is 1. The summed E-state index contributed by atoms with van der Waals surface area (Å²) in [4.78, 5) is 38.3. The van der Waals surface area contributed by atoms with Crippen LogP contribution in [0.5, 0.6) is 5.88 Å². The van der Waals surface area contributed by atoms with Gasteiger partial charge >= 0.3 is 5.97 Å². The largest absolute Gasteiger partial charge is 0.494 e. The molecule has 7 nitrogen and oxygen atoms in total. The maximum absolute atomic E-state index is 12.1. The van der Waals surface area contributed by atoms with E-state index in [2.05, 4.69) is 9.72 Å². The normalized spacial score (nSPS) is 18.4. The molecule has 0 spiro atoms. The van der Waals surface area contributed by atoms with E-state index in [1.807, 2.05) is 0 Å². The van der Waals surface area contributed by atoms with Gasteiger partial charge in [0, 0.05) is 25.2 Å². The molecule has 1 atom stereocenters. The fraction of sp³-hybridized carbons (Fsp3) is 0.417. The predicted molar refractivity (Wildman–Crippen MR) is 64.8 cm³/mol. The first kappa shape index (κ1) is 13.1. The summed E-state index contributed by atoms with van der Waals surface area (Å²) < 4.78 is 4.63. The zero-order chi connectivity index (χ0) is 14.0. The molecule has 1 aromatic heterocycles. The quantitative estimate of drug-likeness (QED) is 0.717. The summed E-state index contributed by atoms with van der Waals surface area (Å²) in [6.07, 6.45) is 0.535. The number of aromatic hydroxyl groups is 1. The number of aromatic nitrogens is 1. The van der Waals surface area contributed by atoms with Gasteiger partial charge in [-0.05, 0) is 6.42 Å². The first-order chi connectivity index (χ1) is 9.01. The van der Waals surface area contributed by atoms with E-state index in [9.17, 15) is 19.5 Å². The van der Waals surface area contributed by atoms with Gasteiger partial charge in [0.25, 0.3) is 11.5 Å². The van der Waals surface area contributed by atoms with Crippen molar-refractivity contribution in [3.05, 3.63) is 28.0 Å². The second-order valence-electron chi connectivity index (χ2n) is 4.38. The van der Waals surface area contributed by atoms with Crippen LogP contribution in [0.1, 0.15) is 16.8 Å². The highest BCUT2D eigenvalue weighted by atomic mass is 16.5. The summed E-state index contributed by atoms with van der Waals surface area (Å²) in [5.41, 5.74) is -0.446. The van der Waals surface area contributed by atoms with Gasteiger partial charge in [0.1, 0.15) is 0 Å². The minimum Gasteiger partial charge on any atom is -0.494 e. The van der Waals surface area contributed by atoms with Crippen LogP contribution in [0.4, 0.5) is 0 Å². The lowest BCUT2D eigenvalue weighted by Crippen LogP contribution is -2.30. The van der Waals surface area contributed by atoms with Gasteiger partial charge in [-0.2, -0.15) is 0 Å². The molecule has 2 heterocycles. The fourth-order valence-electron chi connectivity index (χ4n) is 2.14. The second kappa shape index (κ2) is 5.13. The van der Waals surface area contributed by atoms with Gasteiger partial charge in [-0.1, -0.05) is 0 Å². The van der Waals surface area contributed by atoms with E-state index < -0.39 is 5.56 Å². The Morgan fingerprint density at radius 1 is 1.47 bits per heavy atom. The molecule has 1 aliphatic heterocycles. The Hall–Kier alpha value is -2.31. The van der Waals surface area contributed by atoms with Gasteiger partial charge in [0.15, 0.2) is 5.88 Å². The Morgan fingerprint density at radius 2 is 2.21 bits per heavy atom. The number of carbonyl (C=O) groups excluding carboxylic acids is 2. The zero-order valence-corrected chi connectivity index (χ0v) is 10.4. The Balaban J connectivity index is 2.13. The number of rotatable bonds is 2. The Labute approximate surface area is 108 Å². The number of amides is 1. The minimum absolute atomic E-state index is 0.103. The highest BCUT2D eigenvalue weighted by Gasteiger charge is 2.32. The first-order valence-corrected chi connectivity index (χ1v) is 5.81. The van der Waals surface area contributed by atoms with Crippen molar-refractivity contribution in [1.82, 2.24) is 9.88 Å². The number of ether oxygens (including phenoxy) is 1. The molecule has 2 rings (SSSR count). The summed E-state index contributed by atoms with van der Waals surface area (Å²) in [6.45, 7) is 0.686. The predicted octanol–water partition coefficient (Wildman–Crippen LogP) is -0.284. The van der Waals surface area contributed by atoms with Crippen LogP contribution in [0, 0.1) is 5.92 Å². The number of nitrogens with one attached hydrogen (secondary N) is 1. The Morgan fingerprint density at radius 3 is 2.84 bits per heavy atom. The van der Waals surface area contributed by atoms with E-state index in [0.29, 0.717) is 13.0 Å². The summed E-state index contributed by atoms with van der Waals surface area (Å²) in [7, 11) is 1.31. The van der Waals surface area contributed by atoms with Crippen LogP contribution in [0.15, 0.2) is 16.9 Å². The van der Waals surface area contributed by atoms with E-state index in [1.165, 1.54) is 18.1 Å². The molecule has 0 aromatic carbocycles. The molecule has 2 N–H and O–H groups in total. The molecular weight excluding hydrogens is 252 g/mol. The van der Waals surface area contributed by atoms with Gasteiger partial charge in [0.05, 0.1) is 18.6 Å². The average molecular weight is 266 g/mol. The lowest BCUT2D eigenvalue weighted by Gasteiger charge is -2.15. The molecule has 19 heavy (non-hydrogen) atoms. The molecule has 102 valence electrons. The number of carbonyl (C=O) groups is 2. The van der Waals surface area contributed by atoms with Crippen molar-refractivity contribution >= 4 is 11.9 Å². The molecule has 1 amide bonds. The van der Waals surface area contributed by atoms with E-state index in [-0.39, 0.29) is 35.8 Å². The monoisotopic (exact) mass is 266 g/mol. The molecule has 1 aromatic rings. The number of pyridine rings is 1. The molecule has 1 aliphatic rings. The number of methoxy groups -OCH3 is 1. The van der Waals surface area contributed by atoms with Crippen molar-refractivity contribution < 1.29 is 19.4 Å². The van der Waals surface area contributed by atoms with Crippen molar-refractivity contribution in [1.29, 1.82) is 0 Å². The van der Waals surface area contributed by atoms with Gasteiger partial charge in [0.2, 0.25) is 0 Å². The Bertz CT molecular complexity index is 565. The smallest absolute Gasteiger partial charge is 0.310 e. The van der Waals surface area contributed by atoms with E-state index in [1.54, 1.807) is 0 Å². The fourth-order valence-corrected chi connectivity index (χ4v) is 2.14. The van der Waals surface area contributed by atoms with Crippen LogP contribution >= 0.6 is 0 Å². The molecule has 0 radical (unpaired) electrons. The number of esters is 1. The summed E-state index contributed by atoms with van der Waals surface area (Å²) in [5.74, 6) is -1.42. The number of hydrogen-bond donors (Lipinski definition) is 2. The van der Waals surface area contributed by atoms with Crippen LogP contribution in [-0.4, -0.2) is 47.1 Å². The third kappa shape index (κ3) is 2.75. The Kier molecular flexibility index (Phi) is 3.55. The number of aromatic amines is 1. The lowest BCUT2D eigenvalue weighted by molar-refractivity contribution is -0.144. The van der Waals surface area contributed by atoms with Crippen molar-refractivity contribution in [3.63, 3.8) is 0 Å². The topological polar surface area (TPSA) is 99.7 Å². The maximum atomic E-state index is 12.1. The van der Waals surface area contributed by atoms with Crippen molar-refractivity contribution in [3.8, 4) is 5.88 Å². The molecule has 7 heteroatoms. The van der Waals surface area contributed by atoms with Crippen LogP contribution in [-0.2, 0) is 9.53 Å². The van der Waals surface area contributed by atoms with E-state index >= 15 is 0 Å². The lowest BCUT2D eigenvalue weighted by atomic mass is 10.1. The van der Waals surface area contributed by atoms with Gasteiger partial charge < -0.3 is 14.7 Å². The average Bonchev–Trinajstić information content (AvgIpc) is 2.85. The zero-order valence-electron chi connectivity index (χ0n) is 10.4. The SMILES string of the molecule is COC(=O)C1CCN(C(=O)c2cc(O)[nH]c(=O)c2)C1. The third-order valence-corrected chi connectivity index (χ3v) is 3.09. The minimum atomic E-state index is -0.549. The number of nitrogens with zero attached hydrogens (tertiary/aromatic N) is 1. The highest BCUT2D eigenvalue weighted by Crippen LogP contribution is 2.20. The van der Waals surface area contributed by atoms with E-state index in [4.69, 9.17) is 0 Å². The van der Waals surface area contributed by atoms with Gasteiger partial charge in [-0.25, -0.2) is 0 Å². The number of hydrogen-bond acceptors (Lipinski definition) is 5. The van der Waals surface area contributed by atoms with Crippen LogP contribution in [0.25, 0.3) is 0 Å². The molecule has 0 aliphatic carbocycles. The molecule has 0 saturated carbocycles. The summed E-state index contributed by atoms with van der Waals surface area (Å²) in [6, 6.07) is 2.31. The number of H-pyrrole nitrogens is 1. The molecule has 1 unspecified atom stereocenters. The van der Waals surface area contributed by atoms with Crippen molar-refractivity contribution in [2.75, 3.05) is 20.2 Å². The van der Waals surface area contributed by atoms with Crippen LogP contribution in [0.2, 0.25) is 0 Å². The summed E-state index contributed by atoms with van der Waals surface area (Å²) in [5, 5.41) is 9.26. The third-order valence-electron chi connectivity index (χ3n) is 3.09. The molecular formula is C12H14N2O5. The summed E-state index contributed by atoms with van der Waals surface area (Å²) >= 11 is 0. The first-order valence-electron chi connectivity index (χ1n) is 5.81. The van der Waals surface area contributed by atoms with Crippen LogP contribution < -0.4 is 5.56 Å². The van der Waals surface area contributed by atoms with Crippen molar-refractivity contribution in [2.24, 2.45) is 5.92 Å². The van der Waals surface area contributed by atoms with Gasteiger partial charge in [-0.15, -0.1) is 0 Å². The molecule has 1 saturated heterocycles. The molecule has 1 fully saturated rings. The maximum Gasteiger partial charge on any atom is 0.310 e. The standard InChI is InChI=1S/C12H14N2O5/c1-19-12(18)7-2-3-14(6-7)11(17)8-4-9(15)13-10(16)5-8/h4-5,7H,2-3,6H2,1H3,(H2,13,15,16). The molecule has 0 bridgehead atoms. The second-order valence-corrected chi connectivity index (χ2v) is 4.38. The highest BCUT2D eigenvalue weighted by molar-refractivity contribution is 5.95. The van der Waals surface area contributed by atoms with Crippen molar-refractivity contribution in [2.45, 2.75) is 6.42 Å². The van der Waals surface area contributed by atoms with Gasteiger partial charge in [-0.3, -0.25) is 19.4 Å². The van der Waals surface area contributed by atoms with E-state index in [0.717, 1.165) is 6.07 Å².